The highest BCUT2D eigenvalue weighted by atomic mass is 35.5. The van der Waals surface area contributed by atoms with E-state index in [4.69, 9.17) is 33.1 Å². The number of nitrogens with zero attached hydrogens (tertiary/aromatic N) is 2. The summed E-state index contributed by atoms with van der Waals surface area (Å²) in [6.07, 6.45) is -9.40. The molecule has 3 aromatic rings. The molecule has 1 aromatic heterocycles. The Morgan fingerprint density at radius 3 is 2.14 bits per heavy atom. The first kappa shape index (κ1) is 29.1. The summed E-state index contributed by atoms with van der Waals surface area (Å²) in [5, 5.41) is 19.7. The minimum atomic E-state index is -5.08. The highest BCUT2D eigenvalue weighted by molar-refractivity contribution is 6.31. The average Bonchev–Trinajstić information content (AvgIpc) is 2.78. The van der Waals surface area contributed by atoms with Crippen LogP contribution >= 0.6 is 23.2 Å². The van der Waals surface area contributed by atoms with Gasteiger partial charge in [0.1, 0.15) is 18.0 Å². The van der Waals surface area contributed by atoms with Crippen molar-refractivity contribution in [3.05, 3.63) is 75.8 Å². The molecule has 15 heteroatoms. The van der Waals surface area contributed by atoms with E-state index in [1.54, 1.807) is 0 Å². The number of rotatable bonds is 5. The van der Waals surface area contributed by atoms with E-state index in [-0.39, 0.29) is 11.6 Å². The number of benzene rings is 2. The Morgan fingerprint density at radius 2 is 1.61 bits per heavy atom. The molecule has 1 atom stereocenters. The van der Waals surface area contributed by atoms with Crippen molar-refractivity contribution in [2.45, 2.75) is 18.5 Å². The maximum atomic E-state index is 13.2. The van der Waals surface area contributed by atoms with Gasteiger partial charge in [0.05, 0.1) is 27.4 Å². The fourth-order valence-electron chi connectivity index (χ4n) is 2.55. The normalized spacial score (nSPS) is 12.4. The second-order valence-electron chi connectivity index (χ2n) is 6.85. The van der Waals surface area contributed by atoms with Crippen LogP contribution in [-0.4, -0.2) is 38.9 Å². The number of carboxylic acid groups (broad SMARTS) is 1. The van der Waals surface area contributed by atoms with Gasteiger partial charge in [-0.1, -0.05) is 35.3 Å². The molecule has 0 aliphatic carbocycles. The zero-order valence-electron chi connectivity index (χ0n) is 17.5. The van der Waals surface area contributed by atoms with E-state index in [0.717, 1.165) is 12.1 Å². The third-order valence-electron chi connectivity index (χ3n) is 4.28. The van der Waals surface area contributed by atoms with Gasteiger partial charge in [-0.15, -0.1) is 0 Å². The largest absolute Gasteiger partial charge is 0.490 e. The number of aromatic nitrogens is 2. The van der Waals surface area contributed by atoms with Crippen molar-refractivity contribution in [3.8, 4) is 11.3 Å². The Morgan fingerprint density at radius 1 is 0.972 bits per heavy atom. The van der Waals surface area contributed by atoms with Crippen LogP contribution in [0.5, 0.6) is 0 Å². The first-order valence-electron chi connectivity index (χ1n) is 9.45. The molecule has 0 saturated heterocycles. The SMILES string of the molecule is O=C(O)C(F)(F)F.OC(CNc1cc(-c2ccc(C(F)(F)F)c(Cl)c2)ncn1)c1ccc(F)c(Cl)c1. The summed E-state index contributed by atoms with van der Waals surface area (Å²) in [6.45, 7) is 0.0339. The number of carbonyl (C=O) groups is 1. The molecule has 0 radical (unpaired) electrons. The van der Waals surface area contributed by atoms with Gasteiger partial charge in [-0.3, -0.25) is 0 Å². The Kier molecular flexibility index (Phi) is 9.46. The van der Waals surface area contributed by atoms with Crippen LogP contribution in [0.25, 0.3) is 11.3 Å². The van der Waals surface area contributed by atoms with Crippen molar-refractivity contribution in [1.82, 2.24) is 9.97 Å². The predicted octanol–water partition coefficient (Wildman–Crippen LogP) is 6.39. The van der Waals surface area contributed by atoms with Crippen LogP contribution < -0.4 is 5.32 Å². The molecule has 0 aliphatic heterocycles. The summed E-state index contributed by atoms with van der Waals surface area (Å²) in [5.41, 5.74) is 0.195. The van der Waals surface area contributed by atoms with Crippen LogP contribution in [0.3, 0.4) is 0 Å². The second-order valence-corrected chi connectivity index (χ2v) is 7.67. The summed E-state index contributed by atoms with van der Waals surface area (Å²) in [4.78, 5) is 16.9. The van der Waals surface area contributed by atoms with Crippen LogP contribution in [0, 0.1) is 5.82 Å². The van der Waals surface area contributed by atoms with Crippen LogP contribution in [0.2, 0.25) is 10.0 Å². The number of alkyl halides is 6. The highest BCUT2D eigenvalue weighted by Gasteiger charge is 2.38. The van der Waals surface area contributed by atoms with Gasteiger partial charge < -0.3 is 15.5 Å². The summed E-state index contributed by atoms with van der Waals surface area (Å²) >= 11 is 11.5. The number of hydrogen-bond donors (Lipinski definition) is 3. The minimum Gasteiger partial charge on any atom is -0.475 e. The lowest BCUT2D eigenvalue weighted by Crippen LogP contribution is -2.21. The summed E-state index contributed by atoms with van der Waals surface area (Å²) < 4.78 is 83.5. The van der Waals surface area contributed by atoms with E-state index < -0.39 is 40.8 Å². The first-order chi connectivity index (χ1) is 16.6. The van der Waals surface area contributed by atoms with Crippen molar-refractivity contribution in [2.75, 3.05) is 11.9 Å². The van der Waals surface area contributed by atoms with Gasteiger partial charge in [0.25, 0.3) is 0 Å². The van der Waals surface area contributed by atoms with E-state index in [2.05, 4.69) is 15.3 Å². The van der Waals surface area contributed by atoms with E-state index in [1.165, 1.54) is 36.7 Å². The van der Waals surface area contributed by atoms with Crippen LogP contribution in [0.1, 0.15) is 17.2 Å². The summed E-state index contributed by atoms with van der Waals surface area (Å²) in [7, 11) is 0. The molecule has 0 saturated carbocycles. The Bertz CT molecular complexity index is 1220. The zero-order valence-corrected chi connectivity index (χ0v) is 19.0. The second kappa shape index (κ2) is 11.7. The molecule has 6 nitrogen and oxygen atoms in total. The van der Waals surface area contributed by atoms with Crippen molar-refractivity contribution in [2.24, 2.45) is 0 Å². The van der Waals surface area contributed by atoms with Gasteiger partial charge in [0, 0.05) is 18.2 Å². The molecular weight excluding hydrogens is 546 g/mol. The molecule has 0 spiro atoms. The lowest BCUT2D eigenvalue weighted by molar-refractivity contribution is -0.192. The van der Waals surface area contributed by atoms with Crippen LogP contribution in [0.15, 0.2) is 48.8 Å². The first-order valence-corrected chi connectivity index (χ1v) is 10.2. The molecule has 0 fully saturated rings. The number of aliphatic carboxylic acids is 1. The average molecular weight is 560 g/mol. The number of aliphatic hydroxyl groups is 1. The van der Waals surface area contributed by atoms with E-state index in [0.29, 0.717) is 22.6 Å². The van der Waals surface area contributed by atoms with Crippen molar-refractivity contribution in [3.63, 3.8) is 0 Å². The molecule has 0 bridgehead atoms. The topological polar surface area (TPSA) is 95.3 Å². The van der Waals surface area contributed by atoms with Gasteiger partial charge >= 0.3 is 18.3 Å². The monoisotopic (exact) mass is 559 g/mol. The molecule has 3 N–H and O–H groups in total. The third kappa shape index (κ3) is 8.21. The van der Waals surface area contributed by atoms with Gasteiger partial charge in [0.15, 0.2) is 0 Å². The third-order valence-corrected chi connectivity index (χ3v) is 4.89. The lowest BCUT2D eigenvalue weighted by atomic mass is 10.1. The van der Waals surface area contributed by atoms with Gasteiger partial charge in [0.2, 0.25) is 0 Å². The van der Waals surface area contributed by atoms with Gasteiger partial charge in [-0.05, 0) is 29.8 Å². The molecule has 3 rings (SSSR count). The number of aliphatic hydroxyl groups excluding tert-OH is 1. The smallest absolute Gasteiger partial charge is 0.475 e. The molecule has 1 heterocycles. The minimum absolute atomic E-state index is 0.0339. The molecule has 194 valence electrons. The number of anilines is 1. The van der Waals surface area contributed by atoms with E-state index in [9.17, 15) is 35.8 Å². The fourth-order valence-corrected chi connectivity index (χ4v) is 3.03. The Labute approximate surface area is 208 Å². The Balaban J connectivity index is 0.000000572. The maximum Gasteiger partial charge on any atom is 0.490 e. The molecule has 2 aromatic carbocycles. The molecule has 36 heavy (non-hydrogen) atoms. The van der Waals surface area contributed by atoms with Crippen LogP contribution in [-0.2, 0) is 11.0 Å². The molecule has 0 amide bonds. The van der Waals surface area contributed by atoms with Crippen LogP contribution in [0.4, 0.5) is 36.6 Å². The summed E-state index contributed by atoms with van der Waals surface area (Å²) in [5.74, 6) is -3.02. The molecule has 1 unspecified atom stereocenters. The van der Waals surface area contributed by atoms with Crippen molar-refractivity contribution >= 4 is 35.0 Å². The number of halogens is 9. The number of hydrogen-bond acceptors (Lipinski definition) is 5. The van der Waals surface area contributed by atoms with Gasteiger partial charge in [-0.25, -0.2) is 19.2 Å². The number of nitrogens with one attached hydrogen (secondary N) is 1. The van der Waals surface area contributed by atoms with Crippen molar-refractivity contribution < 1.29 is 45.7 Å². The van der Waals surface area contributed by atoms with E-state index >= 15 is 0 Å². The maximum absolute atomic E-state index is 13.2. The van der Waals surface area contributed by atoms with Crippen molar-refractivity contribution in [1.29, 1.82) is 0 Å². The fraction of sp³-hybridized carbons (Fsp3) is 0.190. The quantitative estimate of drug-likeness (QED) is 0.314. The predicted molar refractivity (Wildman–Crippen MR) is 116 cm³/mol. The van der Waals surface area contributed by atoms with Gasteiger partial charge in [-0.2, -0.15) is 26.3 Å². The van der Waals surface area contributed by atoms with E-state index in [1.807, 2.05) is 0 Å². The number of carboxylic acids is 1. The highest BCUT2D eigenvalue weighted by Crippen LogP contribution is 2.36. The standard InChI is InChI=1S/C19H13Cl2F4N3O.C2HF3O2/c20-13-5-10(1-3-12(13)19(23,24)25)16-7-18(28-9-27-16)26-8-17(29)11-2-4-15(22)14(21)6-11;3-2(4,5)1(6)7/h1-7,9,17,29H,8H2,(H,26,27,28);(H,6,7). The lowest BCUT2D eigenvalue weighted by Gasteiger charge is -2.14. The summed E-state index contributed by atoms with van der Waals surface area (Å²) in [6, 6.07) is 8.69. The Hall–Kier alpha value is -3.16. The molecular formula is C21H14Cl2F7N3O3. The zero-order chi connectivity index (χ0) is 27.3. The molecule has 0 aliphatic rings.